The van der Waals surface area contributed by atoms with Crippen molar-refractivity contribution in [2.45, 2.75) is 25.8 Å². The van der Waals surface area contributed by atoms with Crippen molar-refractivity contribution < 1.29 is 14.3 Å². The number of aromatic nitrogens is 1. The highest BCUT2D eigenvalue weighted by atomic mass is 16.5. The molecule has 0 bridgehead atoms. The summed E-state index contributed by atoms with van der Waals surface area (Å²) < 4.78 is 5.28. The number of hydrogen-bond acceptors (Lipinski definition) is 4. The van der Waals surface area contributed by atoms with Crippen LogP contribution in [0.15, 0.2) is 42.5 Å². The monoisotopic (exact) mass is 353 g/mol. The zero-order valence-corrected chi connectivity index (χ0v) is 14.9. The number of pyridine rings is 1. The molecule has 1 N–H and O–H groups in total. The third-order valence-corrected chi connectivity index (χ3v) is 4.48. The van der Waals surface area contributed by atoms with Crippen LogP contribution in [0.4, 0.5) is 0 Å². The van der Waals surface area contributed by atoms with Crippen LogP contribution in [-0.2, 0) is 6.54 Å². The third-order valence-electron chi connectivity index (χ3n) is 4.48. The second-order valence-corrected chi connectivity index (χ2v) is 6.26. The van der Waals surface area contributed by atoms with E-state index in [0.29, 0.717) is 12.2 Å². The summed E-state index contributed by atoms with van der Waals surface area (Å²) in [5, 5.41) is 2.83. The molecule has 0 atom stereocenters. The zero-order valence-electron chi connectivity index (χ0n) is 14.9. The van der Waals surface area contributed by atoms with Crippen LogP contribution in [0.1, 0.15) is 45.8 Å². The largest absolute Gasteiger partial charge is 0.496 e. The molecule has 0 radical (unpaired) electrons. The Labute approximate surface area is 153 Å². The van der Waals surface area contributed by atoms with E-state index in [9.17, 15) is 9.59 Å². The molecule has 1 aliphatic rings. The first-order chi connectivity index (χ1) is 12.7. The highest BCUT2D eigenvalue weighted by Crippen LogP contribution is 2.17. The van der Waals surface area contributed by atoms with Crippen LogP contribution in [0.5, 0.6) is 5.75 Å². The Bertz CT molecular complexity index is 785. The number of likely N-dealkylation sites (tertiary alicyclic amines) is 1. The fourth-order valence-electron chi connectivity index (χ4n) is 3.05. The number of carbonyl (C=O) groups excluding carboxylic acids is 2. The minimum Gasteiger partial charge on any atom is -0.496 e. The summed E-state index contributed by atoms with van der Waals surface area (Å²) in [4.78, 5) is 31.1. The smallest absolute Gasteiger partial charge is 0.272 e. The molecule has 2 amide bonds. The molecule has 3 rings (SSSR count). The number of piperidine rings is 1. The maximum absolute atomic E-state index is 12.6. The Morgan fingerprint density at radius 2 is 1.77 bits per heavy atom. The van der Waals surface area contributed by atoms with E-state index in [0.717, 1.165) is 43.7 Å². The van der Waals surface area contributed by atoms with Crippen LogP contribution in [0.2, 0.25) is 0 Å². The van der Waals surface area contributed by atoms with Gasteiger partial charge in [0.1, 0.15) is 17.1 Å². The van der Waals surface area contributed by atoms with Crippen LogP contribution in [0.25, 0.3) is 0 Å². The lowest BCUT2D eigenvalue weighted by Crippen LogP contribution is -2.36. The fraction of sp³-hybridized carbons (Fsp3) is 0.350. The lowest BCUT2D eigenvalue weighted by Gasteiger charge is -2.26. The minimum absolute atomic E-state index is 0.107. The van der Waals surface area contributed by atoms with E-state index < -0.39 is 0 Å². The van der Waals surface area contributed by atoms with Gasteiger partial charge in [-0.15, -0.1) is 0 Å². The van der Waals surface area contributed by atoms with Crippen molar-refractivity contribution in [1.82, 2.24) is 15.2 Å². The van der Waals surface area contributed by atoms with Gasteiger partial charge in [-0.05, 0) is 37.5 Å². The Balaban J connectivity index is 1.67. The number of benzene rings is 1. The van der Waals surface area contributed by atoms with Gasteiger partial charge in [0.05, 0.1) is 7.11 Å². The van der Waals surface area contributed by atoms with Gasteiger partial charge >= 0.3 is 0 Å². The minimum atomic E-state index is -0.316. The van der Waals surface area contributed by atoms with E-state index in [1.807, 2.05) is 29.2 Å². The maximum Gasteiger partial charge on any atom is 0.272 e. The number of ether oxygens (including phenoxy) is 1. The quantitative estimate of drug-likeness (QED) is 0.897. The summed E-state index contributed by atoms with van der Waals surface area (Å²) in [6, 6.07) is 12.5. The van der Waals surface area contributed by atoms with E-state index in [2.05, 4.69) is 10.3 Å². The van der Waals surface area contributed by atoms with Gasteiger partial charge < -0.3 is 15.0 Å². The predicted molar refractivity (Wildman–Crippen MR) is 98.2 cm³/mol. The Kier molecular flexibility index (Phi) is 5.84. The number of hydrogen-bond donors (Lipinski definition) is 1. The molecule has 1 aromatic heterocycles. The van der Waals surface area contributed by atoms with E-state index >= 15 is 0 Å². The van der Waals surface area contributed by atoms with Gasteiger partial charge in [0, 0.05) is 25.2 Å². The van der Waals surface area contributed by atoms with Gasteiger partial charge in [0.2, 0.25) is 0 Å². The Morgan fingerprint density at radius 1 is 1.04 bits per heavy atom. The van der Waals surface area contributed by atoms with Gasteiger partial charge in [-0.25, -0.2) is 4.98 Å². The van der Waals surface area contributed by atoms with Crippen molar-refractivity contribution in [3.05, 3.63) is 59.4 Å². The number of amides is 2. The van der Waals surface area contributed by atoms with E-state index in [4.69, 9.17) is 4.74 Å². The van der Waals surface area contributed by atoms with E-state index in [1.165, 1.54) is 0 Å². The van der Waals surface area contributed by atoms with Gasteiger partial charge in [-0.1, -0.05) is 24.3 Å². The van der Waals surface area contributed by atoms with Gasteiger partial charge in [-0.3, -0.25) is 9.59 Å². The van der Waals surface area contributed by atoms with Crippen molar-refractivity contribution in [3.8, 4) is 5.75 Å². The lowest BCUT2D eigenvalue weighted by molar-refractivity contribution is 0.0718. The highest BCUT2D eigenvalue weighted by molar-refractivity contribution is 5.96. The molecule has 1 aliphatic heterocycles. The first-order valence-electron chi connectivity index (χ1n) is 8.85. The summed E-state index contributed by atoms with van der Waals surface area (Å²) in [7, 11) is 1.60. The number of nitrogens with zero attached hydrogens (tertiary/aromatic N) is 2. The molecule has 136 valence electrons. The summed E-state index contributed by atoms with van der Waals surface area (Å²) >= 11 is 0. The molecule has 0 unspecified atom stereocenters. The predicted octanol–water partition coefficient (Wildman–Crippen LogP) is 2.65. The van der Waals surface area contributed by atoms with Crippen LogP contribution >= 0.6 is 0 Å². The molecule has 6 nitrogen and oxygen atoms in total. The van der Waals surface area contributed by atoms with Crippen molar-refractivity contribution in [1.29, 1.82) is 0 Å². The number of methoxy groups -OCH3 is 1. The number of carbonyl (C=O) groups is 2. The summed E-state index contributed by atoms with van der Waals surface area (Å²) in [5.41, 5.74) is 1.43. The van der Waals surface area contributed by atoms with E-state index in [1.54, 1.807) is 25.3 Å². The van der Waals surface area contributed by atoms with Crippen LogP contribution < -0.4 is 10.1 Å². The fourth-order valence-corrected chi connectivity index (χ4v) is 3.05. The van der Waals surface area contributed by atoms with Crippen molar-refractivity contribution in [3.63, 3.8) is 0 Å². The van der Waals surface area contributed by atoms with Gasteiger partial charge in [-0.2, -0.15) is 0 Å². The summed E-state index contributed by atoms with van der Waals surface area (Å²) in [6.45, 7) is 1.84. The first kappa shape index (κ1) is 17.9. The second-order valence-electron chi connectivity index (χ2n) is 6.26. The molecule has 1 saturated heterocycles. The van der Waals surface area contributed by atoms with Crippen LogP contribution in [0.3, 0.4) is 0 Å². The van der Waals surface area contributed by atoms with Crippen molar-refractivity contribution in [2.24, 2.45) is 0 Å². The van der Waals surface area contributed by atoms with Gasteiger partial charge in [0.15, 0.2) is 0 Å². The topological polar surface area (TPSA) is 71.5 Å². The number of nitrogens with one attached hydrogen (secondary N) is 1. The number of para-hydroxylation sites is 1. The standard InChI is InChI=1S/C20H23N3O3/c1-26-18-11-4-3-8-15(18)14-21-19(24)16-9-7-10-17(22-16)20(25)23-12-5-2-6-13-23/h3-4,7-11H,2,5-6,12-14H2,1H3,(H,21,24). The average molecular weight is 353 g/mol. The molecule has 0 spiro atoms. The Hall–Kier alpha value is -2.89. The lowest BCUT2D eigenvalue weighted by atomic mass is 10.1. The van der Waals surface area contributed by atoms with E-state index in [-0.39, 0.29) is 17.5 Å². The van der Waals surface area contributed by atoms with Crippen LogP contribution in [0, 0.1) is 0 Å². The van der Waals surface area contributed by atoms with Gasteiger partial charge in [0.25, 0.3) is 11.8 Å². The Morgan fingerprint density at radius 3 is 2.54 bits per heavy atom. The average Bonchev–Trinajstić information content (AvgIpc) is 2.72. The second kappa shape index (κ2) is 8.47. The molecule has 1 fully saturated rings. The molecule has 2 aromatic rings. The normalized spacial score (nSPS) is 14.0. The number of rotatable bonds is 5. The van der Waals surface area contributed by atoms with Crippen LogP contribution in [-0.4, -0.2) is 41.9 Å². The SMILES string of the molecule is COc1ccccc1CNC(=O)c1cccc(C(=O)N2CCCCC2)n1. The molecule has 6 heteroatoms. The summed E-state index contributed by atoms with van der Waals surface area (Å²) in [5.74, 6) is 0.295. The van der Waals surface area contributed by atoms with Crippen molar-refractivity contribution in [2.75, 3.05) is 20.2 Å². The third kappa shape index (κ3) is 4.20. The zero-order chi connectivity index (χ0) is 18.4. The molecule has 1 aromatic carbocycles. The maximum atomic E-state index is 12.6. The molecular formula is C20H23N3O3. The molecule has 0 aliphatic carbocycles. The van der Waals surface area contributed by atoms with Crippen molar-refractivity contribution >= 4 is 11.8 Å². The first-order valence-corrected chi connectivity index (χ1v) is 8.85. The molecule has 0 saturated carbocycles. The highest BCUT2D eigenvalue weighted by Gasteiger charge is 2.20. The molecule has 2 heterocycles. The summed E-state index contributed by atoms with van der Waals surface area (Å²) in [6.07, 6.45) is 3.19. The molecular weight excluding hydrogens is 330 g/mol. The molecule has 26 heavy (non-hydrogen) atoms.